The zero-order valence-electron chi connectivity index (χ0n) is 14.1. The third-order valence-corrected chi connectivity index (χ3v) is 5.05. The number of nitrogens with one attached hydrogen (secondary N) is 1. The van der Waals surface area contributed by atoms with Crippen LogP contribution >= 0.6 is 11.8 Å². The molecule has 2 N–H and O–H groups in total. The number of thioether (sulfide) groups is 1. The van der Waals surface area contributed by atoms with Gasteiger partial charge >= 0.3 is 0 Å². The van der Waals surface area contributed by atoms with Crippen molar-refractivity contribution in [3.05, 3.63) is 46.8 Å². The minimum atomic E-state index is 0.00997. The molecule has 2 heterocycles. The fourth-order valence-corrected chi connectivity index (χ4v) is 3.81. The van der Waals surface area contributed by atoms with Crippen LogP contribution in [0.15, 0.2) is 56.7 Å². The first-order chi connectivity index (χ1) is 12.3. The van der Waals surface area contributed by atoms with Gasteiger partial charge in [0.25, 0.3) is 0 Å². The summed E-state index contributed by atoms with van der Waals surface area (Å²) in [7, 11) is 0. The van der Waals surface area contributed by atoms with E-state index in [1.54, 1.807) is 0 Å². The Morgan fingerprint density at radius 2 is 2.24 bits per heavy atom. The first-order valence-corrected chi connectivity index (χ1v) is 9.17. The summed E-state index contributed by atoms with van der Waals surface area (Å²) >= 11 is 1.44. The highest BCUT2D eigenvalue weighted by Crippen LogP contribution is 2.34. The Kier molecular flexibility index (Phi) is 5.81. The van der Waals surface area contributed by atoms with Gasteiger partial charge in [0, 0.05) is 11.4 Å². The number of benzene rings is 1. The van der Waals surface area contributed by atoms with Gasteiger partial charge < -0.3 is 20.1 Å². The molecule has 25 heavy (non-hydrogen) atoms. The van der Waals surface area contributed by atoms with Crippen molar-refractivity contribution in [3.8, 4) is 0 Å². The minimum absolute atomic E-state index is 0.00997. The van der Waals surface area contributed by atoms with Crippen molar-refractivity contribution in [1.29, 1.82) is 0 Å². The van der Waals surface area contributed by atoms with Crippen LogP contribution in [0.5, 0.6) is 0 Å². The Hall–Kier alpha value is -2.21. The quantitative estimate of drug-likeness (QED) is 0.785. The van der Waals surface area contributed by atoms with Crippen molar-refractivity contribution >= 4 is 23.7 Å². The van der Waals surface area contributed by atoms with Gasteiger partial charge in [-0.3, -0.25) is 0 Å². The molecule has 0 bridgehead atoms. The maximum absolute atomic E-state index is 11.5. The van der Waals surface area contributed by atoms with E-state index in [0.717, 1.165) is 24.3 Å². The lowest BCUT2D eigenvalue weighted by atomic mass is 10.2. The minimum Gasteiger partial charge on any atom is -0.488 e. The second kappa shape index (κ2) is 8.25. The molecule has 0 amide bonds. The lowest BCUT2D eigenvalue weighted by molar-refractivity contribution is 0.204. The van der Waals surface area contributed by atoms with E-state index in [4.69, 9.17) is 9.73 Å². The Labute approximate surface area is 151 Å². The molecule has 1 saturated heterocycles. The number of carbonyl (C=O) groups excluding carboxylic acids is 1. The number of guanidine groups is 1. The fourth-order valence-electron chi connectivity index (χ4n) is 2.91. The molecule has 0 unspecified atom stereocenters. The second-order valence-corrected chi connectivity index (χ2v) is 6.75. The van der Waals surface area contributed by atoms with Crippen LogP contribution in [-0.4, -0.2) is 47.7 Å². The molecule has 1 atom stereocenters. The molecule has 1 aromatic rings. The number of aliphatic hydroxyl groups is 1. The molecule has 0 saturated carbocycles. The van der Waals surface area contributed by atoms with Crippen molar-refractivity contribution < 1.29 is 14.6 Å². The Balaban J connectivity index is 1.98. The van der Waals surface area contributed by atoms with Crippen molar-refractivity contribution in [2.24, 2.45) is 4.99 Å². The molecule has 132 valence electrons. The summed E-state index contributed by atoms with van der Waals surface area (Å²) in [5.41, 5.74) is 0.244. The molecule has 2 aliphatic rings. The van der Waals surface area contributed by atoms with Gasteiger partial charge in [-0.05, 0) is 31.9 Å². The molecule has 0 radical (unpaired) electrons. The molecule has 1 aromatic carbocycles. The standard InChI is InChI=1S/C18H21N3O3S/c1-2-24-16-15(12-23)19-18(21-10-6-7-13(21)11-22)20-17(16)25-14-8-4-3-5-9-14/h3-5,8-9,13,22H,2,6-7,10-11H2,1H3,(H,19,20)/t13-/m0/s1. The molecule has 7 heteroatoms. The lowest BCUT2D eigenvalue weighted by Gasteiger charge is -2.30. The number of likely N-dealkylation sites (tertiary alicyclic amines) is 1. The van der Waals surface area contributed by atoms with E-state index in [1.807, 2.05) is 48.1 Å². The average molecular weight is 359 g/mol. The van der Waals surface area contributed by atoms with Gasteiger partial charge in [-0.25, -0.2) is 9.79 Å². The summed E-state index contributed by atoms with van der Waals surface area (Å²) in [5.74, 6) is 2.91. The molecule has 0 aliphatic carbocycles. The summed E-state index contributed by atoms with van der Waals surface area (Å²) in [5, 5.41) is 13.2. The molecule has 3 rings (SSSR count). The predicted octanol–water partition coefficient (Wildman–Crippen LogP) is 2.12. The largest absolute Gasteiger partial charge is 0.488 e. The van der Waals surface area contributed by atoms with Gasteiger partial charge in [-0.1, -0.05) is 30.0 Å². The summed E-state index contributed by atoms with van der Waals surface area (Å²) in [6.07, 6.45) is 1.88. The average Bonchev–Trinajstić information content (AvgIpc) is 3.12. The first-order valence-electron chi connectivity index (χ1n) is 8.35. The number of ether oxygens (including phenoxy) is 1. The highest BCUT2D eigenvalue weighted by atomic mass is 32.2. The topological polar surface area (TPSA) is 74.2 Å². The van der Waals surface area contributed by atoms with Gasteiger partial charge in [-0.15, -0.1) is 0 Å². The number of aliphatic imine (C=N–C) groups is 1. The Morgan fingerprint density at radius 3 is 2.92 bits per heavy atom. The predicted molar refractivity (Wildman–Crippen MR) is 97.5 cm³/mol. The molecular weight excluding hydrogens is 338 g/mol. The van der Waals surface area contributed by atoms with E-state index >= 15 is 0 Å². The summed E-state index contributed by atoms with van der Waals surface area (Å²) in [4.78, 5) is 19.2. The SMILES string of the molecule is CCOC1=C(Sc2ccccc2)N=C(N2CCC[C@H]2CO)NC1=C=O. The van der Waals surface area contributed by atoms with Gasteiger partial charge in [0.15, 0.2) is 17.4 Å². The fraction of sp³-hybridized carbons (Fsp3) is 0.389. The highest BCUT2D eigenvalue weighted by molar-refractivity contribution is 8.03. The van der Waals surface area contributed by atoms with Crippen LogP contribution in [0.3, 0.4) is 0 Å². The van der Waals surface area contributed by atoms with E-state index in [-0.39, 0.29) is 18.3 Å². The molecule has 1 fully saturated rings. The molecular formula is C18H21N3O3S. The van der Waals surface area contributed by atoms with E-state index < -0.39 is 0 Å². The maximum atomic E-state index is 11.5. The summed E-state index contributed by atoms with van der Waals surface area (Å²) in [6.45, 7) is 3.14. The van der Waals surface area contributed by atoms with E-state index in [0.29, 0.717) is 23.4 Å². The lowest BCUT2D eigenvalue weighted by Crippen LogP contribution is -2.46. The zero-order chi connectivity index (χ0) is 17.6. The monoisotopic (exact) mass is 359 g/mol. The van der Waals surface area contributed by atoms with Gasteiger partial charge in [0.1, 0.15) is 5.03 Å². The number of aliphatic hydroxyl groups excluding tert-OH is 1. The van der Waals surface area contributed by atoms with Crippen molar-refractivity contribution in [2.45, 2.75) is 30.7 Å². The van der Waals surface area contributed by atoms with Crippen LogP contribution in [0, 0.1) is 0 Å². The number of rotatable bonds is 5. The summed E-state index contributed by atoms with van der Waals surface area (Å²) in [6, 6.07) is 9.83. The van der Waals surface area contributed by atoms with Gasteiger partial charge in [-0.2, -0.15) is 0 Å². The first kappa shape index (κ1) is 17.6. The molecule has 0 aromatic heterocycles. The second-order valence-electron chi connectivity index (χ2n) is 5.69. The summed E-state index contributed by atoms with van der Waals surface area (Å²) < 4.78 is 5.66. The molecule has 2 aliphatic heterocycles. The number of hydrogen-bond acceptors (Lipinski definition) is 7. The van der Waals surface area contributed by atoms with Crippen molar-refractivity contribution in [1.82, 2.24) is 10.2 Å². The number of nitrogens with zero attached hydrogens (tertiary/aromatic N) is 2. The third kappa shape index (κ3) is 3.90. The normalized spacial score (nSPS) is 20.2. The highest BCUT2D eigenvalue weighted by Gasteiger charge is 2.31. The molecule has 6 nitrogen and oxygen atoms in total. The number of hydrogen-bond donors (Lipinski definition) is 2. The van der Waals surface area contributed by atoms with Crippen LogP contribution in [0.1, 0.15) is 19.8 Å². The van der Waals surface area contributed by atoms with Crippen LogP contribution in [0.2, 0.25) is 0 Å². The maximum Gasteiger partial charge on any atom is 0.205 e. The van der Waals surface area contributed by atoms with Crippen LogP contribution in [-0.2, 0) is 9.53 Å². The van der Waals surface area contributed by atoms with Crippen LogP contribution < -0.4 is 5.32 Å². The van der Waals surface area contributed by atoms with Crippen molar-refractivity contribution in [3.63, 3.8) is 0 Å². The van der Waals surface area contributed by atoms with E-state index in [1.165, 1.54) is 11.8 Å². The van der Waals surface area contributed by atoms with Crippen LogP contribution in [0.4, 0.5) is 0 Å². The smallest absolute Gasteiger partial charge is 0.205 e. The van der Waals surface area contributed by atoms with Gasteiger partial charge in [0.2, 0.25) is 5.96 Å². The van der Waals surface area contributed by atoms with E-state index in [2.05, 4.69) is 5.32 Å². The van der Waals surface area contributed by atoms with Crippen LogP contribution in [0.25, 0.3) is 0 Å². The molecule has 0 spiro atoms. The van der Waals surface area contributed by atoms with E-state index in [9.17, 15) is 9.90 Å². The zero-order valence-corrected chi connectivity index (χ0v) is 14.9. The Bertz CT molecular complexity index is 726. The van der Waals surface area contributed by atoms with Crippen molar-refractivity contribution in [2.75, 3.05) is 19.8 Å². The third-order valence-electron chi connectivity index (χ3n) is 4.07. The van der Waals surface area contributed by atoms with Gasteiger partial charge in [0.05, 0.1) is 19.3 Å². The Morgan fingerprint density at radius 1 is 1.44 bits per heavy atom.